The average molecular weight is 615 g/mol. The molecule has 0 spiro atoms. The lowest BCUT2D eigenvalue weighted by molar-refractivity contribution is 0.656. The van der Waals surface area contributed by atoms with Gasteiger partial charge in [0.15, 0.2) is 0 Å². The summed E-state index contributed by atoms with van der Waals surface area (Å²) in [6.07, 6.45) is 1.90. The summed E-state index contributed by atoms with van der Waals surface area (Å²) in [6, 6.07) is 63.5. The first-order chi connectivity index (χ1) is 23.8. The fraction of sp³-hybridized carbons (Fsp3) is 0.0652. The average Bonchev–Trinajstić information content (AvgIpc) is 3.49. The minimum Gasteiger partial charge on any atom is -0.313 e. The van der Waals surface area contributed by atoms with Crippen molar-refractivity contribution in [1.29, 1.82) is 0 Å². The maximum atomic E-state index is 5.23. The first-order valence-electron chi connectivity index (χ1n) is 16.8. The summed E-state index contributed by atoms with van der Waals surface area (Å²) in [5, 5.41) is 1.27. The van der Waals surface area contributed by atoms with Gasteiger partial charge >= 0.3 is 0 Å². The normalized spacial score (nSPS) is 13.6. The molecule has 0 fully saturated rings. The van der Waals surface area contributed by atoms with Crippen LogP contribution in [-0.2, 0) is 12.8 Å². The lowest BCUT2D eigenvalue weighted by atomic mass is 9.76. The summed E-state index contributed by atoms with van der Waals surface area (Å²) in [5.74, 6) is 0.325. The molecule has 1 atom stereocenters. The smallest absolute Gasteiger partial charge is 0.0730 e. The number of benzene rings is 6. The Labute approximate surface area is 281 Å². The third kappa shape index (κ3) is 4.94. The summed E-state index contributed by atoms with van der Waals surface area (Å²) < 4.78 is 2.53. The number of rotatable bonds is 6. The van der Waals surface area contributed by atoms with Gasteiger partial charge in [-0.05, 0) is 64.8 Å². The molecule has 2 aromatic heterocycles. The van der Waals surface area contributed by atoms with Crippen molar-refractivity contribution in [3.05, 3.63) is 193 Å². The second-order valence-electron chi connectivity index (χ2n) is 12.7. The molecule has 0 saturated heterocycles. The van der Waals surface area contributed by atoms with Gasteiger partial charge in [-0.3, -0.25) is 0 Å². The Kier molecular flexibility index (Phi) is 7.05. The molecule has 0 radical (unpaired) electrons. The van der Waals surface area contributed by atoms with E-state index in [1.165, 1.54) is 50.0 Å². The fourth-order valence-electron chi connectivity index (χ4n) is 7.72. The predicted molar refractivity (Wildman–Crippen MR) is 199 cm³/mol. The Morgan fingerprint density at radius 1 is 0.521 bits per heavy atom. The van der Waals surface area contributed by atoms with Crippen LogP contribution in [-0.4, -0.2) is 9.55 Å². The van der Waals surface area contributed by atoms with Crippen molar-refractivity contribution in [2.45, 2.75) is 18.8 Å². The maximum Gasteiger partial charge on any atom is 0.0730 e. The summed E-state index contributed by atoms with van der Waals surface area (Å²) >= 11 is 0. The van der Waals surface area contributed by atoms with Gasteiger partial charge in [0.1, 0.15) is 0 Å². The zero-order valence-corrected chi connectivity index (χ0v) is 26.6. The molecule has 2 heteroatoms. The maximum absolute atomic E-state index is 5.23. The molecule has 0 saturated carbocycles. The quantitative estimate of drug-likeness (QED) is 0.182. The zero-order valence-electron chi connectivity index (χ0n) is 26.6. The molecule has 2 heterocycles. The molecule has 48 heavy (non-hydrogen) atoms. The number of nitrogens with zero attached hydrogens (tertiary/aromatic N) is 2. The molecule has 0 amide bonds. The molecule has 0 N–H and O–H groups in total. The molecule has 1 aliphatic carbocycles. The molecule has 0 aliphatic heterocycles. The van der Waals surface area contributed by atoms with E-state index in [1.807, 2.05) is 0 Å². The number of pyridine rings is 1. The number of fused-ring (bicyclic) bond motifs is 4. The Bertz CT molecular complexity index is 2330. The van der Waals surface area contributed by atoms with Crippen LogP contribution in [0, 0.1) is 0 Å². The Morgan fingerprint density at radius 3 is 1.75 bits per heavy atom. The van der Waals surface area contributed by atoms with Gasteiger partial charge in [-0.25, -0.2) is 4.98 Å². The molecule has 2 nitrogen and oxygen atoms in total. The van der Waals surface area contributed by atoms with E-state index in [2.05, 4.69) is 180 Å². The summed E-state index contributed by atoms with van der Waals surface area (Å²) in [7, 11) is 0. The second kappa shape index (κ2) is 12.0. The minimum absolute atomic E-state index is 0.325. The van der Waals surface area contributed by atoms with E-state index in [0.717, 1.165) is 41.0 Å². The van der Waals surface area contributed by atoms with Crippen molar-refractivity contribution in [2.75, 3.05) is 0 Å². The fourth-order valence-corrected chi connectivity index (χ4v) is 7.72. The molecule has 1 aliphatic rings. The van der Waals surface area contributed by atoms with Gasteiger partial charge in [-0.1, -0.05) is 158 Å². The summed E-state index contributed by atoms with van der Waals surface area (Å²) in [5.41, 5.74) is 15.9. The van der Waals surface area contributed by atoms with Crippen LogP contribution in [0.3, 0.4) is 0 Å². The highest BCUT2D eigenvalue weighted by Gasteiger charge is 2.29. The zero-order chi connectivity index (χ0) is 31.9. The second-order valence-corrected chi connectivity index (χ2v) is 12.7. The Balaban J connectivity index is 1.32. The van der Waals surface area contributed by atoms with Gasteiger partial charge in [-0.15, -0.1) is 0 Å². The van der Waals surface area contributed by atoms with Crippen molar-refractivity contribution in [2.24, 2.45) is 0 Å². The highest BCUT2D eigenvalue weighted by atomic mass is 15.0. The van der Waals surface area contributed by atoms with Gasteiger partial charge in [-0.2, -0.15) is 0 Å². The van der Waals surface area contributed by atoms with E-state index in [4.69, 9.17) is 4.98 Å². The number of hydrogen-bond donors (Lipinski definition) is 0. The number of aromatic nitrogens is 2. The van der Waals surface area contributed by atoms with E-state index >= 15 is 0 Å². The van der Waals surface area contributed by atoms with E-state index in [-0.39, 0.29) is 0 Å². The molecule has 0 bridgehead atoms. The Morgan fingerprint density at radius 2 is 1.06 bits per heavy atom. The third-order valence-electron chi connectivity index (χ3n) is 9.86. The van der Waals surface area contributed by atoms with Crippen LogP contribution >= 0.6 is 0 Å². The van der Waals surface area contributed by atoms with Crippen LogP contribution in [0.1, 0.15) is 22.7 Å². The Hall–Kier alpha value is -5.99. The van der Waals surface area contributed by atoms with Crippen molar-refractivity contribution < 1.29 is 0 Å². The minimum atomic E-state index is 0.325. The van der Waals surface area contributed by atoms with E-state index < -0.39 is 0 Å². The molecular weight excluding hydrogens is 581 g/mol. The number of hydrogen-bond acceptors (Lipinski definition) is 1. The highest BCUT2D eigenvalue weighted by molar-refractivity contribution is 5.99. The summed E-state index contributed by atoms with van der Waals surface area (Å²) in [6.45, 7) is 0. The third-order valence-corrected chi connectivity index (χ3v) is 9.86. The van der Waals surface area contributed by atoms with Gasteiger partial charge in [0.2, 0.25) is 0 Å². The SMILES string of the molecule is c1ccc(-c2cc(-n3c(CC4Cc5ccccc5-c5ccccc54)c(-c4ccccc4)c4ccccc43)cc(-c3ccccc3)n2)cc1. The lowest BCUT2D eigenvalue weighted by Crippen LogP contribution is -2.16. The van der Waals surface area contributed by atoms with Crippen LogP contribution in [0.15, 0.2) is 176 Å². The van der Waals surface area contributed by atoms with Crippen molar-refractivity contribution >= 4 is 10.9 Å². The predicted octanol–water partition coefficient (Wildman–Crippen LogP) is 11.6. The molecule has 8 aromatic rings. The van der Waals surface area contributed by atoms with Crippen molar-refractivity contribution in [3.63, 3.8) is 0 Å². The van der Waals surface area contributed by atoms with Crippen LogP contribution in [0.25, 0.3) is 61.4 Å². The molecule has 1 unspecified atom stereocenters. The van der Waals surface area contributed by atoms with E-state index in [1.54, 1.807) is 0 Å². The standard InChI is InChI=1S/C46H34N2/c1-4-16-32(17-5-1)42-30-37(31-43(47-42)33-18-6-2-7-19-33)48-44-27-15-14-26-41(44)46(34-20-8-3-9-21-34)45(48)29-36-28-35-22-10-11-23-38(35)40-25-13-12-24-39(36)40/h1-27,30-31,36H,28-29H2. The topological polar surface area (TPSA) is 17.8 Å². The highest BCUT2D eigenvalue weighted by Crippen LogP contribution is 2.45. The van der Waals surface area contributed by atoms with Crippen LogP contribution < -0.4 is 0 Å². The van der Waals surface area contributed by atoms with Crippen LogP contribution in [0.5, 0.6) is 0 Å². The largest absolute Gasteiger partial charge is 0.313 e. The molecule has 6 aromatic carbocycles. The van der Waals surface area contributed by atoms with Crippen molar-refractivity contribution in [1.82, 2.24) is 9.55 Å². The molecule has 228 valence electrons. The lowest BCUT2D eigenvalue weighted by Gasteiger charge is -2.29. The van der Waals surface area contributed by atoms with Gasteiger partial charge in [0.25, 0.3) is 0 Å². The molecular formula is C46H34N2. The van der Waals surface area contributed by atoms with Gasteiger partial charge in [0, 0.05) is 27.8 Å². The number of para-hydroxylation sites is 1. The van der Waals surface area contributed by atoms with Gasteiger partial charge in [0.05, 0.1) is 22.6 Å². The van der Waals surface area contributed by atoms with Gasteiger partial charge < -0.3 is 4.57 Å². The summed E-state index contributed by atoms with van der Waals surface area (Å²) in [4.78, 5) is 5.23. The van der Waals surface area contributed by atoms with E-state index in [9.17, 15) is 0 Å². The molecule has 9 rings (SSSR count). The van der Waals surface area contributed by atoms with Crippen molar-refractivity contribution in [3.8, 4) is 50.5 Å². The van der Waals surface area contributed by atoms with Crippen LogP contribution in [0.4, 0.5) is 0 Å². The monoisotopic (exact) mass is 614 g/mol. The first-order valence-corrected chi connectivity index (χ1v) is 16.8. The first kappa shape index (κ1) is 28.3. The van der Waals surface area contributed by atoms with E-state index in [0.29, 0.717) is 5.92 Å². The van der Waals surface area contributed by atoms with Crippen LogP contribution in [0.2, 0.25) is 0 Å².